The average molecular weight is 337 g/mol. The molecule has 124 valence electrons. The van der Waals surface area contributed by atoms with Crippen LogP contribution < -0.4 is 10.6 Å². The molecule has 23 heavy (non-hydrogen) atoms. The highest BCUT2D eigenvalue weighted by atomic mass is 35.5. The number of carbonyl (C=O) groups excluding carboxylic acids is 1. The number of rotatable bonds is 4. The Morgan fingerprint density at radius 3 is 2.83 bits per heavy atom. The summed E-state index contributed by atoms with van der Waals surface area (Å²) in [5.74, 6) is 0. The van der Waals surface area contributed by atoms with Crippen LogP contribution in [0, 0.1) is 0 Å². The number of para-hydroxylation sites is 1. The van der Waals surface area contributed by atoms with Crippen LogP contribution in [0.4, 0.5) is 4.79 Å². The van der Waals surface area contributed by atoms with E-state index in [1.54, 1.807) is 0 Å². The van der Waals surface area contributed by atoms with E-state index in [2.05, 4.69) is 10.6 Å². The molecular formula is C17H21ClN2O3. The molecule has 2 atom stereocenters. The number of benzene rings is 1. The Balaban J connectivity index is 1.52. The van der Waals surface area contributed by atoms with Crippen molar-refractivity contribution in [3.05, 3.63) is 35.0 Å². The number of amides is 1. The van der Waals surface area contributed by atoms with E-state index in [4.69, 9.17) is 20.8 Å². The van der Waals surface area contributed by atoms with Crippen molar-refractivity contribution >= 4 is 28.7 Å². The topological polar surface area (TPSA) is 63.5 Å². The minimum absolute atomic E-state index is 0.0989. The fourth-order valence-corrected chi connectivity index (χ4v) is 2.76. The van der Waals surface area contributed by atoms with E-state index in [-0.39, 0.29) is 18.2 Å². The van der Waals surface area contributed by atoms with Crippen LogP contribution in [0.1, 0.15) is 32.8 Å². The van der Waals surface area contributed by atoms with Gasteiger partial charge in [-0.2, -0.15) is 0 Å². The van der Waals surface area contributed by atoms with Crippen molar-refractivity contribution in [1.82, 2.24) is 10.6 Å². The zero-order valence-corrected chi connectivity index (χ0v) is 14.2. The Kier molecular flexibility index (Phi) is 4.25. The molecule has 0 radical (unpaired) electrons. The number of ether oxygens (including phenoxy) is 1. The van der Waals surface area contributed by atoms with Crippen molar-refractivity contribution < 1.29 is 13.9 Å². The number of fused-ring (bicyclic) bond motifs is 1. The van der Waals surface area contributed by atoms with E-state index in [1.807, 2.05) is 45.0 Å². The van der Waals surface area contributed by atoms with E-state index in [9.17, 15) is 4.79 Å². The molecule has 1 aromatic heterocycles. The third-order valence-corrected chi connectivity index (χ3v) is 3.99. The molecular weight excluding hydrogens is 316 g/mol. The Hall–Kier alpha value is -1.72. The zero-order chi connectivity index (χ0) is 16.6. The van der Waals surface area contributed by atoms with Gasteiger partial charge in [0.1, 0.15) is 11.2 Å². The molecule has 1 aromatic carbocycles. The Morgan fingerprint density at radius 1 is 1.35 bits per heavy atom. The molecule has 1 fully saturated rings. The molecule has 2 aromatic rings. The maximum atomic E-state index is 11.7. The van der Waals surface area contributed by atoms with Crippen LogP contribution in [0.25, 0.3) is 11.0 Å². The molecule has 0 spiro atoms. The van der Waals surface area contributed by atoms with Gasteiger partial charge in [-0.25, -0.2) is 4.79 Å². The Labute approximate surface area is 140 Å². The molecule has 1 heterocycles. The highest BCUT2D eigenvalue weighted by molar-refractivity contribution is 6.30. The second-order valence-corrected chi connectivity index (χ2v) is 7.17. The van der Waals surface area contributed by atoms with Crippen LogP contribution >= 0.6 is 11.6 Å². The van der Waals surface area contributed by atoms with Crippen LogP contribution in [0.5, 0.6) is 0 Å². The first-order chi connectivity index (χ1) is 10.8. The first-order valence-electron chi connectivity index (χ1n) is 7.72. The van der Waals surface area contributed by atoms with Crippen molar-refractivity contribution in [2.24, 2.45) is 0 Å². The van der Waals surface area contributed by atoms with E-state index >= 15 is 0 Å². The summed E-state index contributed by atoms with van der Waals surface area (Å²) < 4.78 is 10.8. The van der Waals surface area contributed by atoms with Crippen molar-refractivity contribution in [1.29, 1.82) is 0 Å². The minimum Gasteiger partial charge on any atom is -0.444 e. The van der Waals surface area contributed by atoms with E-state index < -0.39 is 5.60 Å². The second-order valence-electron chi connectivity index (χ2n) is 6.83. The van der Waals surface area contributed by atoms with Gasteiger partial charge < -0.3 is 19.8 Å². The van der Waals surface area contributed by atoms with Gasteiger partial charge in [0.15, 0.2) is 5.22 Å². The third kappa shape index (κ3) is 3.98. The van der Waals surface area contributed by atoms with Gasteiger partial charge in [-0.3, -0.25) is 0 Å². The van der Waals surface area contributed by atoms with Crippen molar-refractivity contribution in [2.75, 3.05) is 0 Å². The van der Waals surface area contributed by atoms with E-state index in [0.29, 0.717) is 11.8 Å². The van der Waals surface area contributed by atoms with E-state index in [0.717, 1.165) is 23.0 Å². The molecule has 0 bridgehead atoms. The van der Waals surface area contributed by atoms with Gasteiger partial charge in [-0.15, -0.1) is 0 Å². The largest absolute Gasteiger partial charge is 0.444 e. The molecule has 5 nitrogen and oxygen atoms in total. The maximum Gasteiger partial charge on any atom is 0.407 e. The first-order valence-corrected chi connectivity index (χ1v) is 8.10. The van der Waals surface area contributed by atoms with E-state index in [1.165, 1.54) is 0 Å². The van der Waals surface area contributed by atoms with Crippen molar-refractivity contribution in [3.8, 4) is 0 Å². The van der Waals surface area contributed by atoms with Gasteiger partial charge in [-0.05, 0) is 44.9 Å². The SMILES string of the molecule is CC(C)(C)OC(=O)NC1CC1NCc1c(Cl)oc2ccccc12. The number of hydrogen-bond acceptors (Lipinski definition) is 4. The fourth-order valence-electron chi connectivity index (χ4n) is 2.51. The molecule has 1 amide bonds. The third-order valence-electron chi connectivity index (χ3n) is 3.68. The number of nitrogens with one attached hydrogen (secondary N) is 2. The summed E-state index contributed by atoms with van der Waals surface area (Å²) in [7, 11) is 0. The molecule has 1 saturated carbocycles. The number of furan rings is 1. The molecule has 1 aliphatic rings. The molecule has 3 rings (SSSR count). The molecule has 2 unspecified atom stereocenters. The smallest absolute Gasteiger partial charge is 0.407 e. The quantitative estimate of drug-likeness (QED) is 0.890. The average Bonchev–Trinajstić information content (AvgIpc) is 3.07. The molecule has 0 saturated heterocycles. The lowest BCUT2D eigenvalue weighted by Gasteiger charge is -2.19. The van der Waals surface area contributed by atoms with Crippen LogP contribution in [0.2, 0.25) is 5.22 Å². The van der Waals surface area contributed by atoms with Crippen LogP contribution in [0.15, 0.2) is 28.7 Å². The minimum atomic E-state index is -0.481. The molecule has 6 heteroatoms. The van der Waals surface area contributed by atoms with Crippen LogP contribution in [0.3, 0.4) is 0 Å². The van der Waals surface area contributed by atoms with Gasteiger partial charge in [0.05, 0.1) is 0 Å². The van der Waals surface area contributed by atoms with Crippen molar-refractivity contribution in [2.45, 2.75) is 51.4 Å². The fraction of sp³-hybridized carbons (Fsp3) is 0.471. The number of alkyl carbamates (subject to hydrolysis) is 1. The lowest BCUT2D eigenvalue weighted by atomic mass is 10.2. The summed E-state index contributed by atoms with van der Waals surface area (Å²) >= 11 is 6.17. The summed E-state index contributed by atoms with van der Waals surface area (Å²) in [6, 6.07) is 8.09. The van der Waals surface area contributed by atoms with Crippen molar-refractivity contribution in [3.63, 3.8) is 0 Å². The highest BCUT2D eigenvalue weighted by Crippen LogP contribution is 2.30. The summed E-state index contributed by atoms with van der Waals surface area (Å²) in [5, 5.41) is 7.69. The Bertz CT molecular complexity index is 720. The Morgan fingerprint density at radius 2 is 2.09 bits per heavy atom. The van der Waals surface area contributed by atoms with Gasteiger partial charge in [0.25, 0.3) is 0 Å². The van der Waals surface area contributed by atoms with Gasteiger partial charge in [0, 0.05) is 29.6 Å². The number of halogens is 1. The predicted molar refractivity (Wildman–Crippen MR) is 89.6 cm³/mol. The highest BCUT2D eigenvalue weighted by Gasteiger charge is 2.39. The molecule has 2 N–H and O–H groups in total. The lowest BCUT2D eigenvalue weighted by Crippen LogP contribution is -2.36. The monoisotopic (exact) mass is 336 g/mol. The molecule has 1 aliphatic carbocycles. The molecule has 0 aliphatic heterocycles. The summed E-state index contributed by atoms with van der Waals surface area (Å²) in [6.45, 7) is 6.15. The van der Waals surface area contributed by atoms with Crippen LogP contribution in [-0.4, -0.2) is 23.8 Å². The normalized spacial score (nSPS) is 20.5. The number of hydrogen-bond donors (Lipinski definition) is 2. The lowest BCUT2D eigenvalue weighted by molar-refractivity contribution is 0.0522. The van der Waals surface area contributed by atoms with Gasteiger partial charge in [0.2, 0.25) is 0 Å². The number of carbonyl (C=O) groups is 1. The first kappa shape index (κ1) is 16.1. The summed E-state index contributed by atoms with van der Waals surface area (Å²) in [5.41, 5.74) is 1.25. The zero-order valence-electron chi connectivity index (χ0n) is 13.5. The van der Waals surface area contributed by atoms with Crippen LogP contribution in [-0.2, 0) is 11.3 Å². The van der Waals surface area contributed by atoms with Gasteiger partial charge in [-0.1, -0.05) is 18.2 Å². The second kappa shape index (κ2) is 6.06. The summed E-state index contributed by atoms with van der Waals surface area (Å²) in [4.78, 5) is 11.7. The summed E-state index contributed by atoms with van der Waals surface area (Å²) in [6.07, 6.45) is 0.505. The predicted octanol–water partition coefficient (Wildman–Crippen LogP) is 3.84. The standard InChI is InChI=1S/C17H21ClN2O3/c1-17(2,3)23-16(21)20-13-8-12(13)19-9-11-10-6-4-5-7-14(10)22-15(11)18/h4-7,12-13,19H,8-9H2,1-3H3,(H,20,21). The maximum absolute atomic E-state index is 11.7. The van der Waals surface area contributed by atoms with Gasteiger partial charge >= 0.3 is 6.09 Å².